The first-order valence-electron chi connectivity index (χ1n) is 12.3. The quantitative estimate of drug-likeness (QED) is 0.580. The van der Waals surface area contributed by atoms with Crippen LogP contribution in [0.25, 0.3) is 10.9 Å². The molecule has 5 rings (SSSR count). The predicted octanol–water partition coefficient (Wildman–Crippen LogP) is 5.27. The summed E-state index contributed by atoms with van der Waals surface area (Å²) in [5.41, 5.74) is 5.29. The molecule has 32 heavy (non-hydrogen) atoms. The van der Waals surface area contributed by atoms with Gasteiger partial charge in [0.2, 0.25) is 5.91 Å². The summed E-state index contributed by atoms with van der Waals surface area (Å²) >= 11 is 0. The lowest BCUT2D eigenvalue weighted by Crippen LogP contribution is -2.43. The van der Waals surface area contributed by atoms with Crippen molar-refractivity contribution in [3.05, 3.63) is 71.4 Å². The van der Waals surface area contributed by atoms with E-state index in [1.54, 1.807) is 0 Å². The van der Waals surface area contributed by atoms with Crippen molar-refractivity contribution in [3.8, 4) is 0 Å². The third-order valence-electron chi connectivity index (χ3n) is 7.40. The Hall–Kier alpha value is -2.59. The fourth-order valence-electron chi connectivity index (χ4n) is 5.43. The van der Waals surface area contributed by atoms with Gasteiger partial charge in [0.1, 0.15) is 0 Å². The standard InChI is InChI=1S/C28H35N3O/c1-21-10-12-22(13-11-21)19-31-26(18-24-6-2-5-9-27(24)31)20-30-16-14-23(15-17-30)28(32)29-25-7-3-4-8-25/h2,5-6,9-13,18,23,25H,3-4,7-8,14-17,19-20H2,1H3,(H,29,32). The minimum atomic E-state index is 0.185. The normalized spacial score (nSPS) is 18.4. The van der Waals surface area contributed by atoms with Gasteiger partial charge in [0.15, 0.2) is 0 Å². The average molecular weight is 430 g/mol. The SMILES string of the molecule is Cc1ccc(Cn2c(CN3CCC(C(=O)NC4CCCC4)CC3)cc3ccccc32)cc1. The molecule has 0 bridgehead atoms. The topological polar surface area (TPSA) is 37.3 Å². The predicted molar refractivity (Wildman–Crippen MR) is 131 cm³/mol. The highest BCUT2D eigenvalue weighted by Gasteiger charge is 2.27. The van der Waals surface area contributed by atoms with Gasteiger partial charge >= 0.3 is 0 Å². The number of fused-ring (bicyclic) bond motifs is 1. The molecule has 4 heteroatoms. The Bertz CT molecular complexity index is 1050. The van der Waals surface area contributed by atoms with Gasteiger partial charge in [0.25, 0.3) is 0 Å². The van der Waals surface area contributed by atoms with Crippen LogP contribution in [0.3, 0.4) is 0 Å². The summed E-state index contributed by atoms with van der Waals surface area (Å²) in [6, 6.07) is 20.3. The summed E-state index contributed by atoms with van der Waals surface area (Å²) in [4.78, 5) is 15.2. The highest BCUT2D eigenvalue weighted by molar-refractivity contribution is 5.81. The van der Waals surface area contributed by atoms with Gasteiger partial charge in [-0.2, -0.15) is 0 Å². The zero-order valence-corrected chi connectivity index (χ0v) is 19.2. The van der Waals surface area contributed by atoms with Crippen LogP contribution in [-0.4, -0.2) is 34.5 Å². The highest BCUT2D eigenvalue weighted by atomic mass is 16.1. The molecule has 0 spiro atoms. The van der Waals surface area contributed by atoms with Crippen molar-refractivity contribution in [3.63, 3.8) is 0 Å². The van der Waals surface area contributed by atoms with Gasteiger partial charge < -0.3 is 9.88 Å². The fourth-order valence-corrected chi connectivity index (χ4v) is 5.43. The summed E-state index contributed by atoms with van der Waals surface area (Å²) in [6.45, 7) is 5.96. The molecule has 1 saturated heterocycles. The first-order chi connectivity index (χ1) is 15.7. The van der Waals surface area contributed by atoms with E-state index in [0.29, 0.717) is 11.9 Å². The van der Waals surface area contributed by atoms with Gasteiger partial charge in [-0.25, -0.2) is 0 Å². The number of para-hydroxylation sites is 1. The molecule has 1 aliphatic carbocycles. The zero-order valence-electron chi connectivity index (χ0n) is 19.2. The molecule has 1 aliphatic heterocycles. The first-order valence-corrected chi connectivity index (χ1v) is 12.3. The number of aromatic nitrogens is 1. The number of hydrogen-bond acceptors (Lipinski definition) is 2. The van der Waals surface area contributed by atoms with Gasteiger partial charge in [-0.1, -0.05) is 60.9 Å². The number of nitrogens with zero attached hydrogens (tertiary/aromatic N) is 2. The lowest BCUT2D eigenvalue weighted by atomic mass is 9.95. The molecule has 2 fully saturated rings. The number of amides is 1. The molecule has 1 aromatic heterocycles. The van der Waals surface area contributed by atoms with Gasteiger partial charge in [-0.05, 0) is 68.8 Å². The van der Waals surface area contributed by atoms with E-state index in [1.807, 2.05) is 0 Å². The largest absolute Gasteiger partial charge is 0.353 e. The number of nitrogens with one attached hydrogen (secondary N) is 1. The summed E-state index contributed by atoms with van der Waals surface area (Å²) in [5, 5.41) is 4.62. The Morgan fingerprint density at radius 2 is 1.66 bits per heavy atom. The zero-order chi connectivity index (χ0) is 21.9. The van der Waals surface area contributed by atoms with Gasteiger partial charge in [0, 0.05) is 36.3 Å². The van der Waals surface area contributed by atoms with Crippen molar-refractivity contribution >= 4 is 16.8 Å². The van der Waals surface area contributed by atoms with Gasteiger partial charge in [0.05, 0.1) is 0 Å². The highest BCUT2D eigenvalue weighted by Crippen LogP contribution is 2.26. The molecule has 2 aromatic carbocycles. The summed E-state index contributed by atoms with van der Waals surface area (Å²) in [7, 11) is 0. The third-order valence-corrected chi connectivity index (χ3v) is 7.40. The number of rotatable bonds is 6. The summed E-state index contributed by atoms with van der Waals surface area (Å²) in [6.07, 6.45) is 6.79. The van der Waals surface area contributed by atoms with Crippen LogP contribution in [0.15, 0.2) is 54.6 Å². The number of benzene rings is 2. The van der Waals surface area contributed by atoms with Crippen LogP contribution in [0.1, 0.15) is 55.3 Å². The Labute approximate surface area is 191 Å². The van der Waals surface area contributed by atoms with Crippen molar-refractivity contribution in [2.24, 2.45) is 5.92 Å². The lowest BCUT2D eigenvalue weighted by Gasteiger charge is -2.32. The molecule has 0 unspecified atom stereocenters. The second-order valence-electron chi connectivity index (χ2n) is 9.81. The fraction of sp³-hybridized carbons (Fsp3) is 0.464. The minimum absolute atomic E-state index is 0.185. The Morgan fingerprint density at radius 3 is 2.41 bits per heavy atom. The Balaban J connectivity index is 1.26. The molecular weight excluding hydrogens is 394 g/mol. The molecule has 1 saturated carbocycles. The molecule has 168 valence electrons. The van der Waals surface area contributed by atoms with Gasteiger partial charge in [-0.15, -0.1) is 0 Å². The average Bonchev–Trinajstić information content (AvgIpc) is 3.44. The van der Waals surface area contributed by atoms with E-state index in [-0.39, 0.29) is 5.92 Å². The van der Waals surface area contributed by atoms with Crippen LogP contribution in [0.5, 0.6) is 0 Å². The van der Waals surface area contributed by atoms with Gasteiger partial charge in [-0.3, -0.25) is 9.69 Å². The maximum Gasteiger partial charge on any atom is 0.223 e. The van der Waals surface area contributed by atoms with Crippen LogP contribution in [-0.2, 0) is 17.9 Å². The second kappa shape index (κ2) is 9.50. The van der Waals surface area contributed by atoms with Crippen molar-refractivity contribution in [2.45, 2.75) is 64.6 Å². The van der Waals surface area contributed by atoms with E-state index in [0.717, 1.165) is 51.9 Å². The van der Waals surface area contributed by atoms with E-state index in [2.05, 4.69) is 76.3 Å². The number of piperidine rings is 1. The van der Waals surface area contributed by atoms with Crippen molar-refractivity contribution in [2.75, 3.05) is 13.1 Å². The molecule has 3 aromatic rings. The molecule has 2 heterocycles. The Kier molecular flexibility index (Phi) is 6.31. The molecule has 1 amide bonds. The number of aryl methyl sites for hydroxylation is 1. The van der Waals surface area contributed by atoms with E-state index in [1.165, 1.54) is 40.6 Å². The van der Waals surface area contributed by atoms with Crippen LogP contribution >= 0.6 is 0 Å². The Morgan fingerprint density at radius 1 is 0.938 bits per heavy atom. The van der Waals surface area contributed by atoms with Crippen LogP contribution in [0, 0.1) is 12.8 Å². The van der Waals surface area contributed by atoms with Crippen molar-refractivity contribution < 1.29 is 4.79 Å². The van der Waals surface area contributed by atoms with Crippen molar-refractivity contribution in [1.29, 1.82) is 0 Å². The number of carbonyl (C=O) groups excluding carboxylic acids is 1. The second-order valence-corrected chi connectivity index (χ2v) is 9.81. The van der Waals surface area contributed by atoms with E-state index >= 15 is 0 Å². The third kappa shape index (κ3) is 4.75. The first kappa shape index (κ1) is 21.3. The molecule has 4 nitrogen and oxygen atoms in total. The van der Waals surface area contributed by atoms with Crippen LogP contribution in [0.2, 0.25) is 0 Å². The lowest BCUT2D eigenvalue weighted by molar-refractivity contribution is -0.127. The molecule has 0 radical (unpaired) electrons. The smallest absolute Gasteiger partial charge is 0.223 e. The molecule has 2 aliphatic rings. The van der Waals surface area contributed by atoms with Crippen LogP contribution < -0.4 is 5.32 Å². The number of hydrogen-bond donors (Lipinski definition) is 1. The minimum Gasteiger partial charge on any atom is -0.353 e. The summed E-state index contributed by atoms with van der Waals surface area (Å²) < 4.78 is 2.47. The van der Waals surface area contributed by atoms with Crippen LogP contribution in [0.4, 0.5) is 0 Å². The van der Waals surface area contributed by atoms with E-state index < -0.39 is 0 Å². The van der Waals surface area contributed by atoms with Crippen molar-refractivity contribution in [1.82, 2.24) is 14.8 Å². The molecule has 0 atom stereocenters. The molecule has 1 N–H and O–H groups in total. The number of carbonyl (C=O) groups is 1. The number of likely N-dealkylation sites (tertiary alicyclic amines) is 1. The monoisotopic (exact) mass is 429 g/mol. The maximum absolute atomic E-state index is 12.7. The summed E-state index contributed by atoms with van der Waals surface area (Å²) in [5.74, 6) is 0.482. The van der Waals surface area contributed by atoms with E-state index in [4.69, 9.17) is 0 Å². The maximum atomic E-state index is 12.7. The van der Waals surface area contributed by atoms with E-state index in [9.17, 15) is 4.79 Å². The molecular formula is C28H35N3O.